The molecule has 0 unspecified atom stereocenters. The normalized spacial score (nSPS) is 11.9. The minimum atomic E-state index is -4.42. The molecule has 0 bridgehead atoms. The van der Waals surface area contributed by atoms with E-state index in [9.17, 15) is 18.0 Å². The van der Waals surface area contributed by atoms with E-state index in [1.54, 1.807) is 33.9 Å². The molecule has 12 heteroatoms. The fourth-order valence-electron chi connectivity index (χ4n) is 2.00. The van der Waals surface area contributed by atoms with Gasteiger partial charge in [0.2, 0.25) is 5.88 Å². The lowest BCUT2D eigenvalue weighted by molar-refractivity contribution is -0.154. The summed E-state index contributed by atoms with van der Waals surface area (Å²) in [5.74, 6) is 0.412. The number of hydrogen-bond acceptors (Lipinski definition) is 5. The molecule has 1 aromatic heterocycles. The molecule has 3 N–H and O–H groups in total. The van der Waals surface area contributed by atoms with Gasteiger partial charge in [-0.15, -0.1) is 24.0 Å². The van der Waals surface area contributed by atoms with Crippen molar-refractivity contribution in [2.45, 2.75) is 45.5 Å². The number of pyridine rings is 1. The number of aliphatic imine (C=N–C) groups is 1. The number of rotatable bonds is 8. The Morgan fingerprint density at radius 2 is 1.83 bits per heavy atom. The number of carbonyl (C=O) groups excluding carboxylic acids is 1. The van der Waals surface area contributed by atoms with E-state index in [2.05, 4.69) is 30.7 Å². The zero-order chi connectivity index (χ0) is 21.9. The molecule has 0 saturated heterocycles. The number of alkyl carbamates (subject to hydrolysis) is 1. The molecule has 0 aromatic carbocycles. The molecule has 0 radical (unpaired) electrons. The van der Waals surface area contributed by atoms with Crippen LogP contribution in [0.1, 0.15) is 32.8 Å². The zero-order valence-electron chi connectivity index (χ0n) is 17.4. The highest BCUT2D eigenvalue weighted by atomic mass is 127. The Kier molecular flexibility index (Phi) is 12.5. The second-order valence-electron chi connectivity index (χ2n) is 7.04. The van der Waals surface area contributed by atoms with Crippen molar-refractivity contribution in [3.05, 3.63) is 23.9 Å². The van der Waals surface area contributed by atoms with Crippen molar-refractivity contribution in [3.63, 3.8) is 0 Å². The van der Waals surface area contributed by atoms with E-state index < -0.39 is 24.5 Å². The topological polar surface area (TPSA) is 96.9 Å². The van der Waals surface area contributed by atoms with Gasteiger partial charge in [-0.1, -0.05) is 0 Å². The van der Waals surface area contributed by atoms with Gasteiger partial charge in [-0.25, -0.2) is 9.78 Å². The summed E-state index contributed by atoms with van der Waals surface area (Å²) in [5.41, 5.74) is 0.144. The first-order valence-electron chi connectivity index (χ1n) is 9.04. The first-order valence-corrected chi connectivity index (χ1v) is 9.04. The second-order valence-corrected chi connectivity index (χ2v) is 7.04. The molecule has 8 nitrogen and oxygen atoms in total. The number of ether oxygens (including phenoxy) is 2. The molecule has 0 aliphatic heterocycles. The quantitative estimate of drug-likeness (QED) is 0.200. The molecular formula is C18H29F3IN5O3. The third-order valence-corrected chi connectivity index (χ3v) is 3.18. The number of nitrogens with zero attached hydrogens (tertiary/aromatic N) is 2. The smallest absolute Gasteiger partial charge is 0.422 e. The fourth-order valence-corrected chi connectivity index (χ4v) is 2.00. The molecule has 0 fully saturated rings. The molecule has 30 heavy (non-hydrogen) atoms. The number of amides is 1. The van der Waals surface area contributed by atoms with Gasteiger partial charge in [0.05, 0.1) is 0 Å². The fraction of sp³-hybridized carbons (Fsp3) is 0.611. The maximum atomic E-state index is 12.2. The Hall–Kier alpha value is -1.99. The number of aromatic nitrogens is 1. The van der Waals surface area contributed by atoms with Crippen LogP contribution in [0.3, 0.4) is 0 Å². The predicted molar refractivity (Wildman–Crippen MR) is 118 cm³/mol. The summed E-state index contributed by atoms with van der Waals surface area (Å²) in [7, 11) is 1.60. The molecule has 0 aliphatic carbocycles. The van der Waals surface area contributed by atoms with Crippen molar-refractivity contribution in [2.24, 2.45) is 4.99 Å². The highest BCUT2D eigenvalue weighted by molar-refractivity contribution is 14.0. The van der Waals surface area contributed by atoms with E-state index in [4.69, 9.17) is 4.74 Å². The number of guanidine groups is 1. The Balaban J connectivity index is 0.00000841. The molecule has 0 atom stereocenters. The summed E-state index contributed by atoms with van der Waals surface area (Å²) in [4.78, 5) is 19.4. The Morgan fingerprint density at radius 1 is 1.17 bits per heavy atom. The molecule has 0 aliphatic rings. The van der Waals surface area contributed by atoms with Crippen LogP contribution in [0.25, 0.3) is 0 Å². The monoisotopic (exact) mass is 547 g/mol. The van der Waals surface area contributed by atoms with E-state index >= 15 is 0 Å². The first-order chi connectivity index (χ1) is 13.5. The number of nitrogens with one attached hydrogen (secondary N) is 3. The summed E-state index contributed by atoms with van der Waals surface area (Å²) in [6.45, 7) is 5.28. The molecular weight excluding hydrogens is 518 g/mol. The van der Waals surface area contributed by atoms with Gasteiger partial charge in [0.1, 0.15) is 5.60 Å². The van der Waals surface area contributed by atoms with Crippen molar-refractivity contribution in [1.82, 2.24) is 20.9 Å². The standard InChI is InChI=1S/C18H28F3N5O3.HI/c1-17(2,3)29-16(27)25-8-5-7-24-15(22-4)26-11-13-6-9-23-14(10-13)28-12-18(19,20)21;/h6,9-10H,5,7-8,11-12H2,1-4H3,(H,25,27)(H2,22,24,26);1H. The van der Waals surface area contributed by atoms with E-state index in [1.807, 2.05) is 0 Å². The van der Waals surface area contributed by atoms with Crippen molar-refractivity contribution >= 4 is 36.0 Å². The van der Waals surface area contributed by atoms with Crippen molar-refractivity contribution in [3.8, 4) is 5.88 Å². The van der Waals surface area contributed by atoms with Gasteiger partial charge in [-0.2, -0.15) is 13.2 Å². The van der Waals surface area contributed by atoms with E-state index in [0.29, 0.717) is 37.6 Å². The lowest BCUT2D eigenvalue weighted by atomic mass is 10.2. The number of alkyl halides is 3. The SMILES string of the molecule is CN=C(NCCCNC(=O)OC(C)(C)C)NCc1ccnc(OCC(F)(F)F)c1.I. The highest BCUT2D eigenvalue weighted by Gasteiger charge is 2.28. The second kappa shape index (κ2) is 13.3. The molecule has 1 heterocycles. The van der Waals surface area contributed by atoms with Crippen LogP contribution in [0.5, 0.6) is 5.88 Å². The maximum absolute atomic E-state index is 12.2. The summed E-state index contributed by atoms with van der Waals surface area (Å²) in [6, 6.07) is 3.09. The van der Waals surface area contributed by atoms with Gasteiger partial charge in [-0.3, -0.25) is 4.99 Å². The first kappa shape index (κ1) is 28.0. The van der Waals surface area contributed by atoms with Gasteiger partial charge >= 0.3 is 12.3 Å². The van der Waals surface area contributed by atoms with Crippen LogP contribution in [0.4, 0.5) is 18.0 Å². The Bertz CT molecular complexity index is 682. The van der Waals surface area contributed by atoms with Crippen molar-refractivity contribution < 1.29 is 27.4 Å². The van der Waals surface area contributed by atoms with Crippen molar-refractivity contribution in [1.29, 1.82) is 0 Å². The van der Waals surface area contributed by atoms with Crippen LogP contribution in [0, 0.1) is 0 Å². The highest BCUT2D eigenvalue weighted by Crippen LogP contribution is 2.17. The van der Waals surface area contributed by atoms with Crippen LogP contribution in [-0.4, -0.2) is 55.6 Å². The average molecular weight is 547 g/mol. The van der Waals surface area contributed by atoms with Crippen LogP contribution < -0.4 is 20.7 Å². The summed E-state index contributed by atoms with van der Waals surface area (Å²) < 4.78 is 46.4. The van der Waals surface area contributed by atoms with Crippen molar-refractivity contribution in [2.75, 3.05) is 26.7 Å². The summed E-state index contributed by atoms with van der Waals surface area (Å²) in [5, 5.41) is 8.76. The lowest BCUT2D eigenvalue weighted by Crippen LogP contribution is -2.39. The van der Waals surface area contributed by atoms with E-state index in [0.717, 1.165) is 0 Å². The third-order valence-electron chi connectivity index (χ3n) is 3.18. The maximum Gasteiger partial charge on any atom is 0.422 e. The molecule has 1 aromatic rings. The number of halogens is 4. The summed E-state index contributed by atoms with van der Waals surface area (Å²) in [6.07, 6.45) is -2.87. The minimum absolute atomic E-state index is 0. The molecule has 0 saturated carbocycles. The number of hydrogen-bond donors (Lipinski definition) is 3. The van der Waals surface area contributed by atoms with Gasteiger partial charge in [0, 0.05) is 38.9 Å². The van der Waals surface area contributed by atoms with E-state index in [1.165, 1.54) is 12.3 Å². The van der Waals surface area contributed by atoms with Gasteiger partial charge < -0.3 is 25.4 Å². The van der Waals surface area contributed by atoms with Gasteiger partial charge in [0.25, 0.3) is 0 Å². The van der Waals surface area contributed by atoms with Gasteiger partial charge in [0.15, 0.2) is 12.6 Å². The summed E-state index contributed by atoms with van der Waals surface area (Å²) >= 11 is 0. The van der Waals surface area contributed by atoms with E-state index in [-0.39, 0.29) is 29.9 Å². The Morgan fingerprint density at radius 3 is 2.43 bits per heavy atom. The zero-order valence-corrected chi connectivity index (χ0v) is 19.8. The van der Waals surface area contributed by atoms with Gasteiger partial charge in [-0.05, 0) is 38.8 Å². The minimum Gasteiger partial charge on any atom is -0.468 e. The van der Waals surface area contributed by atoms with Crippen LogP contribution >= 0.6 is 24.0 Å². The Labute approximate surface area is 191 Å². The number of carbonyl (C=O) groups is 1. The van der Waals surface area contributed by atoms with Crippen LogP contribution in [0.2, 0.25) is 0 Å². The van der Waals surface area contributed by atoms with Crippen LogP contribution in [-0.2, 0) is 11.3 Å². The predicted octanol–water partition coefficient (Wildman–Crippen LogP) is 3.22. The third kappa shape index (κ3) is 14.1. The molecule has 1 amide bonds. The largest absolute Gasteiger partial charge is 0.468 e. The molecule has 0 spiro atoms. The van der Waals surface area contributed by atoms with Crippen LogP contribution in [0.15, 0.2) is 23.3 Å². The molecule has 172 valence electrons. The average Bonchev–Trinajstić information content (AvgIpc) is 2.60. The molecule has 1 rings (SSSR count). The lowest BCUT2D eigenvalue weighted by Gasteiger charge is -2.19.